The van der Waals surface area contributed by atoms with Crippen molar-refractivity contribution in [3.63, 3.8) is 0 Å². The topological polar surface area (TPSA) is 67.1 Å². The quantitative estimate of drug-likeness (QED) is 0.332. The molecule has 140 valence electrons. The molecule has 0 radical (unpaired) electrons. The minimum absolute atomic E-state index is 0. The molecule has 8 heteroatoms. The number of halogens is 1. The van der Waals surface area contributed by atoms with Gasteiger partial charge in [0, 0.05) is 37.5 Å². The minimum Gasteiger partial charge on any atom is -0.356 e. The van der Waals surface area contributed by atoms with E-state index in [1.165, 1.54) is 4.88 Å². The van der Waals surface area contributed by atoms with Crippen LogP contribution in [0.25, 0.3) is 0 Å². The van der Waals surface area contributed by atoms with Crippen LogP contribution in [0.1, 0.15) is 31.5 Å². The molecular formula is C17H29IN6S. The van der Waals surface area contributed by atoms with Gasteiger partial charge in [0.2, 0.25) is 0 Å². The summed E-state index contributed by atoms with van der Waals surface area (Å²) < 4.78 is 2.08. The van der Waals surface area contributed by atoms with Crippen molar-refractivity contribution in [3.8, 4) is 0 Å². The number of aliphatic imine (C=N–C) groups is 1. The zero-order valence-electron chi connectivity index (χ0n) is 15.2. The fourth-order valence-electron chi connectivity index (χ4n) is 2.24. The summed E-state index contributed by atoms with van der Waals surface area (Å²) in [7, 11) is 0. The van der Waals surface area contributed by atoms with E-state index in [-0.39, 0.29) is 24.0 Å². The van der Waals surface area contributed by atoms with Crippen molar-refractivity contribution in [3.05, 3.63) is 34.5 Å². The predicted octanol–water partition coefficient (Wildman–Crippen LogP) is 2.95. The molecule has 0 aliphatic heterocycles. The third-order valence-corrected chi connectivity index (χ3v) is 4.45. The van der Waals surface area contributed by atoms with Crippen molar-refractivity contribution < 1.29 is 0 Å². The maximum absolute atomic E-state index is 4.66. The van der Waals surface area contributed by atoms with Gasteiger partial charge in [-0.2, -0.15) is 0 Å². The van der Waals surface area contributed by atoms with Crippen LogP contribution in [0.5, 0.6) is 0 Å². The van der Waals surface area contributed by atoms with Crippen LogP contribution in [-0.4, -0.2) is 40.4 Å². The van der Waals surface area contributed by atoms with E-state index in [0.29, 0.717) is 5.92 Å². The number of aryl methyl sites for hydroxylation is 1. The average molecular weight is 476 g/mol. The Hall–Kier alpha value is -1.16. The Kier molecular flexibility index (Phi) is 10.7. The molecule has 0 atom stereocenters. The first-order chi connectivity index (χ1) is 11.7. The maximum atomic E-state index is 4.66. The van der Waals surface area contributed by atoms with E-state index in [0.717, 1.165) is 50.8 Å². The highest BCUT2D eigenvalue weighted by Crippen LogP contribution is 2.08. The number of nitrogens with one attached hydrogen (secondary N) is 2. The van der Waals surface area contributed by atoms with Gasteiger partial charge in [0.25, 0.3) is 0 Å². The molecule has 0 bridgehead atoms. The van der Waals surface area contributed by atoms with Gasteiger partial charge in [-0.25, -0.2) is 0 Å². The molecule has 6 nitrogen and oxygen atoms in total. The van der Waals surface area contributed by atoms with Crippen LogP contribution < -0.4 is 10.6 Å². The number of guanidine groups is 1. The van der Waals surface area contributed by atoms with Gasteiger partial charge in [0.15, 0.2) is 5.96 Å². The molecule has 0 amide bonds. The minimum atomic E-state index is 0. The first kappa shape index (κ1) is 21.9. The van der Waals surface area contributed by atoms with E-state index >= 15 is 0 Å². The summed E-state index contributed by atoms with van der Waals surface area (Å²) in [5, 5.41) is 17.0. The Morgan fingerprint density at radius 1 is 1.32 bits per heavy atom. The predicted molar refractivity (Wildman–Crippen MR) is 116 cm³/mol. The highest BCUT2D eigenvalue weighted by Gasteiger charge is 2.03. The first-order valence-electron chi connectivity index (χ1n) is 8.60. The van der Waals surface area contributed by atoms with Gasteiger partial charge in [-0.1, -0.05) is 26.8 Å². The number of thiophene rings is 1. The molecule has 2 aromatic heterocycles. The molecule has 0 aliphatic carbocycles. The summed E-state index contributed by atoms with van der Waals surface area (Å²) in [6.07, 6.45) is 3.70. The highest BCUT2D eigenvalue weighted by molar-refractivity contribution is 14.0. The third-order valence-electron chi connectivity index (χ3n) is 3.52. The second kappa shape index (κ2) is 12.2. The van der Waals surface area contributed by atoms with Crippen molar-refractivity contribution in [2.45, 2.75) is 40.2 Å². The molecule has 0 spiro atoms. The van der Waals surface area contributed by atoms with Crippen molar-refractivity contribution in [1.82, 2.24) is 25.4 Å². The van der Waals surface area contributed by atoms with E-state index in [1.807, 2.05) is 0 Å². The standard InChI is InChI=1S/C17H28N6S.HI/c1-4-16-22-21-13-23(16)10-9-19-17(20-12-14(2)3)18-8-7-15-6-5-11-24-15;/h5-6,11,13-14H,4,7-10,12H2,1-3H3,(H2,18,19,20);1H. The lowest BCUT2D eigenvalue weighted by Gasteiger charge is -2.14. The fraction of sp³-hybridized carbons (Fsp3) is 0.588. The van der Waals surface area contributed by atoms with Crippen LogP contribution in [-0.2, 0) is 19.4 Å². The number of nitrogens with zero attached hydrogens (tertiary/aromatic N) is 4. The van der Waals surface area contributed by atoms with Crippen molar-refractivity contribution in [2.75, 3.05) is 19.6 Å². The Bertz CT molecular complexity index is 608. The molecule has 0 aromatic carbocycles. The molecule has 0 fully saturated rings. The van der Waals surface area contributed by atoms with Crippen LogP contribution in [0, 0.1) is 5.92 Å². The zero-order valence-corrected chi connectivity index (χ0v) is 18.4. The van der Waals surface area contributed by atoms with E-state index in [1.54, 1.807) is 17.7 Å². The molecular weight excluding hydrogens is 447 g/mol. The zero-order chi connectivity index (χ0) is 17.2. The molecule has 2 aromatic rings. The number of rotatable bonds is 9. The third kappa shape index (κ3) is 8.17. The summed E-state index contributed by atoms with van der Waals surface area (Å²) in [5.74, 6) is 2.44. The lowest BCUT2D eigenvalue weighted by Crippen LogP contribution is -2.40. The second-order valence-corrected chi connectivity index (χ2v) is 7.09. The molecule has 0 saturated heterocycles. The molecule has 0 aliphatic rings. The van der Waals surface area contributed by atoms with E-state index in [9.17, 15) is 0 Å². The number of hydrogen-bond donors (Lipinski definition) is 2. The van der Waals surface area contributed by atoms with Gasteiger partial charge < -0.3 is 15.2 Å². The van der Waals surface area contributed by atoms with Gasteiger partial charge in [0.1, 0.15) is 12.2 Å². The van der Waals surface area contributed by atoms with Crippen LogP contribution in [0.15, 0.2) is 28.8 Å². The summed E-state index contributed by atoms with van der Waals surface area (Å²) in [6.45, 7) is 9.79. The average Bonchev–Trinajstić information content (AvgIpc) is 3.23. The summed E-state index contributed by atoms with van der Waals surface area (Å²) in [4.78, 5) is 6.05. The lowest BCUT2D eigenvalue weighted by molar-refractivity contribution is 0.623. The molecule has 2 N–H and O–H groups in total. The maximum Gasteiger partial charge on any atom is 0.191 e. The Morgan fingerprint density at radius 3 is 2.80 bits per heavy atom. The van der Waals surface area contributed by atoms with Gasteiger partial charge in [-0.05, 0) is 23.8 Å². The normalized spacial score (nSPS) is 11.4. The van der Waals surface area contributed by atoms with E-state index in [4.69, 9.17) is 0 Å². The van der Waals surface area contributed by atoms with Crippen molar-refractivity contribution >= 4 is 41.3 Å². The Balaban J connectivity index is 0.00000312. The van der Waals surface area contributed by atoms with E-state index < -0.39 is 0 Å². The Morgan fingerprint density at radius 2 is 2.12 bits per heavy atom. The molecule has 2 rings (SSSR count). The smallest absolute Gasteiger partial charge is 0.191 e. The van der Waals surface area contributed by atoms with Crippen LogP contribution in [0.4, 0.5) is 0 Å². The van der Waals surface area contributed by atoms with Gasteiger partial charge in [0.05, 0.1) is 0 Å². The SMILES string of the molecule is CCc1nncn1CCNC(=NCC(C)C)NCCc1cccs1.I. The monoisotopic (exact) mass is 476 g/mol. The second-order valence-electron chi connectivity index (χ2n) is 6.06. The summed E-state index contributed by atoms with van der Waals surface area (Å²) >= 11 is 1.80. The van der Waals surface area contributed by atoms with Gasteiger partial charge in [-0.3, -0.25) is 4.99 Å². The van der Waals surface area contributed by atoms with Crippen molar-refractivity contribution in [2.24, 2.45) is 10.9 Å². The van der Waals surface area contributed by atoms with Crippen LogP contribution >= 0.6 is 35.3 Å². The molecule has 0 saturated carbocycles. The van der Waals surface area contributed by atoms with Gasteiger partial charge >= 0.3 is 0 Å². The first-order valence-corrected chi connectivity index (χ1v) is 9.48. The van der Waals surface area contributed by atoms with Crippen molar-refractivity contribution in [1.29, 1.82) is 0 Å². The summed E-state index contributed by atoms with van der Waals surface area (Å²) in [5.41, 5.74) is 0. The largest absolute Gasteiger partial charge is 0.356 e. The van der Waals surface area contributed by atoms with E-state index in [2.05, 4.69) is 68.7 Å². The fourth-order valence-corrected chi connectivity index (χ4v) is 2.95. The van der Waals surface area contributed by atoms with Crippen LogP contribution in [0.3, 0.4) is 0 Å². The number of hydrogen-bond acceptors (Lipinski definition) is 4. The molecule has 0 unspecified atom stereocenters. The van der Waals surface area contributed by atoms with Crippen LogP contribution in [0.2, 0.25) is 0 Å². The Labute approximate surface area is 171 Å². The molecule has 2 heterocycles. The number of aromatic nitrogens is 3. The lowest BCUT2D eigenvalue weighted by atomic mass is 10.2. The molecule has 25 heavy (non-hydrogen) atoms. The highest BCUT2D eigenvalue weighted by atomic mass is 127. The van der Waals surface area contributed by atoms with Gasteiger partial charge in [-0.15, -0.1) is 45.5 Å². The summed E-state index contributed by atoms with van der Waals surface area (Å²) in [6, 6.07) is 4.26.